The predicted octanol–water partition coefficient (Wildman–Crippen LogP) is 2.70. The van der Waals surface area contributed by atoms with Crippen LogP contribution in [0.5, 0.6) is 6.01 Å². The van der Waals surface area contributed by atoms with E-state index < -0.39 is 0 Å². The fraction of sp³-hybridized carbons (Fsp3) is 0.524. The third-order valence-electron chi connectivity index (χ3n) is 5.23. The summed E-state index contributed by atoms with van der Waals surface area (Å²) in [6, 6.07) is 5.38. The number of benzene rings is 1. The van der Waals surface area contributed by atoms with Crippen molar-refractivity contribution in [2.24, 2.45) is 0 Å². The molecule has 30 heavy (non-hydrogen) atoms. The van der Waals surface area contributed by atoms with E-state index in [2.05, 4.69) is 27.2 Å². The molecule has 0 saturated carbocycles. The highest BCUT2D eigenvalue weighted by atomic mass is 19.1. The molecule has 0 atom stereocenters. The van der Waals surface area contributed by atoms with Gasteiger partial charge in [-0.25, -0.2) is 9.82 Å². The van der Waals surface area contributed by atoms with Gasteiger partial charge in [-0.05, 0) is 50.0 Å². The molecule has 164 valence electrons. The van der Waals surface area contributed by atoms with Crippen LogP contribution in [-0.2, 0) is 13.1 Å². The Balaban J connectivity index is 1.79. The molecule has 0 radical (unpaired) electrons. The Hall–Kier alpha value is -2.65. The van der Waals surface area contributed by atoms with E-state index in [9.17, 15) is 4.39 Å². The zero-order chi connectivity index (χ0) is 21.5. The first-order chi connectivity index (χ1) is 14.5. The number of nitrogens with one attached hydrogen (secondary N) is 1. The molecule has 2 aromatic rings. The average molecular weight is 418 g/mol. The fourth-order valence-corrected chi connectivity index (χ4v) is 3.50. The summed E-state index contributed by atoms with van der Waals surface area (Å²) in [5.74, 6) is 0.418. The van der Waals surface area contributed by atoms with Crippen molar-refractivity contribution in [3.8, 4) is 6.01 Å². The zero-order valence-electron chi connectivity index (χ0n) is 17.8. The summed E-state index contributed by atoms with van der Waals surface area (Å²) < 4.78 is 20.0. The van der Waals surface area contributed by atoms with E-state index in [1.807, 2.05) is 6.07 Å². The van der Waals surface area contributed by atoms with Crippen LogP contribution in [0.1, 0.15) is 43.7 Å². The van der Waals surface area contributed by atoms with Crippen molar-refractivity contribution in [3.63, 3.8) is 0 Å². The molecule has 0 unspecified atom stereocenters. The molecule has 5 N–H and O–H groups in total. The lowest BCUT2D eigenvalue weighted by Gasteiger charge is -2.25. The molecule has 9 heteroatoms. The van der Waals surface area contributed by atoms with Gasteiger partial charge in [0.25, 0.3) is 0 Å². The van der Waals surface area contributed by atoms with Crippen molar-refractivity contribution in [1.82, 2.24) is 20.3 Å². The summed E-state index contributed by atoms with van der Waals surface area (Å²) in [6.45, 7) is 5.68. The van der Waals surface area contributed by atoms with Gasteiger partial charge in [0.15, 0.2) is 11.6 Å². The van der Waals surface area contributed by atoms with Crippen molar-refractivity contribution in [2.45, 2.75) is 45.7 Å². The van der Waals surface area contributed by atoms with Gasteiger partial charge < -0.3 is 16.2 Å². The highest BCUT2D eigenvalue weighted by molar-refractivity contribution is 5.73. The molecule has 0 amide bonds. The molecule has 1 aliphatic rings. The van der Waals surface area contributed by atoms with E-state index >= 15 is 0 Å². The molecule has 1 aliphatic heterocycles. The van der Waals surface area contributed by atoms with Crippen LogP contribution < -0.4 is 26.6 Å². The topological polar surface area (TPSA) is 106 Å². The molecule has 1 aromatic carbocycles. The van der Waals surface area contributed by atoms with Gasteiger partial charge in [-0.2, -0.15) is 9.97 Å². The Bertz CT molecular complexity index is 842. The van der Waals surface area contributed by atoms with Gasteiger partial charge in [0.05, 0.1) is 13.2 Å². The van der Waals surface area contributed by atoms with Gasteiger partial charge in [0.1, 0.15) is 11.5 Å². The standard InChI is InChI=1S/C21H32FN7O/c1-3-4-11-30-21-26-19(24)18(23)20(27-21)29(25-2)13-15-7-8-17(22)16(12-15)14-28-9-5-6-10-28/h7-8,12,25H,3-6,9-11,13-14,23H2,1-2H3,(H2,24,26,27). The van der Waals surface area contributed by atoms with E-state index in [0.717, 1.165) is 31.5 Å². The maximum atomic E-state index is 14.4. The number of nitrogen functional groups attached to an aromatic ring is 2. The summed E-state index contributed by atoms with van der Waals surface area (Å²) in [6.07, 6.45) is 4.25. The second kappa shape index (κ2) is 10.4. The third-order valence-corrected chi connectivity index (χ3v) is 5.23. The summed E-state index contributed by atoms with van der Waals surface area (Å²) in [7, 11) is 1.77. The molecular weight excluding hydrogens is 385 g/mol. The molecule has 3 rings (SSSR count). The highest BCUT2D eigenvalue weighted by Crippen LogP contribution is 2.28. The van der Waals surface area contributed by atoms with Crippen LogP contribution in [0.25, 0.3) is 0 Å². The first kappa shape index (κ1) is 22.0. The van der Waals surface area contributed by atoms with E-state index in [1.165, 1.54) is 18.9 Å². The number of rotatable bonds is 10. The number of halogens is 1. The molecule has 1 saturated heterocycles. The van der Waals surface area contributed by atoms with E-state index in [-0.39, 0.29) is 23.3 Å². The molecule has 8 nitrogen and oxygen atoms in total. The Morgan fingerprint density at radius 1 is 1.23 bits per heavy atom. The number of unbranched alkanes of at least 4 members (excludes halogenated alkanes) is 1. The van der Waals surface area contributed by atoms with Crippen LogP contribution in [0.4, 0.5) is 21.7 Å². The summed E-state index contributed by atoms with van der Waals surface area (Å²) >= 11 is 0. The molecule has 0 spiro atoms. The number of likely N-dealkylation sites (tertiary alicyclic amines) is 1. The highest BCUT2D eigenvalue weighted by Gasteiger charge is 2.19. The van der Waals surface area contributed by atoms with Crippen LogP contribution in [0.15, 0.2) is 18.2 Å². The van der Waals surface area contributed by atoms with Gasteiger partial charge in [0, 0.05) is 19.2 Å². The Kier molecular flexibility index (Phi) is 7.64. The van der Waals surface area contributed by atoms with Crippen molar-refractivity contribution >= 4 is 17.3 Å². The Labute approximate surface area is 177 Å². The van der Waals surface area contributed by atoms with Crippen molar-refractivity contribution in [2.75, 3.05) is 43.2 Å². The maximum absolute atomic E-state index is 14.4. The molecule has 1 fully saturated rings. The molecule has 0 bridgehead atoms. The maximum Gasteiger partial charge on any atom is 0.320 e. The molecule has 0 aliphatic carbocycles. The normalized spacial score (nSPS) is 14.2. The summed E-state index contributed by atoms with van der Waals surface area (Å²) in [5, 5.41) is 1.76. The average Bonchev–Trinajstić information content (AvgIpc) is 3.24. The van der Waals surface area contributed by atoms with Gasteiger partial charge in [-0.1, -0.05) is 19.4 Å². The van der Waals surface area contributed by atoms with Crippen LogP contribution in [0.3, 0.4) is 0 Å². The van der Waals surface area contributed by atoms with Crippen LogP contribution in [-0.4, -0.2) is 41.6 Å². The van der Waals surface area contributed by atoms with Gasteiger partial charge >= 0.3 is 6.01 Å². The number of hydrogen-bond acceptors (Lipinski definition) is 8. The SMILES string of the molecule is CCCCOc1nc(N)c(N)c(N(Cc2ccc(F)c(CN3CCCC3)c2)NC)n1. The minimum Gasteiger partial charge on any atom is -0.463 e. The smallest absolute Gasteiger partial charge is 0.320 e. The van der Waals surface area contributed by atoms with E-state index in [0.29, 0.717) is 31.1 Å². The second-order valence-corrected chi connectivity index (χ2v) is 7.55. The molecule has 1 aromatic heterocycles. The lowest BCUT2D eigenvalue weighted by Crippen LogP contribution is -2.36. The van der Waals surface area contributed by atoms with E-state index in [1.54, 1.807) is 18.1 Å². The van der Waals surface area contributed by atoms with Crippen LogP contribution in [0, 0.1) is 5.82 Å². The zero-order valence-corrected chi connectivity index (χ0v) is 17.8. The number of aromatic nitrogens is 2. The molecular formula is C21H32FN7O. The van der Waals surface area contributed by atoms with Gasteiger partial charge in [-0.3, -0.25) is 9.91 Å². The van der Waals surface area contributed by atoms with Crippen LogP contribution >= 0.6 is 0 Å². The number of ether oxygens (including phenoxy) is 1. The number of hydrazine groups is 1. The van der Waals surface area contributed by atoms with Crippen molar-refractivity contribution in [1.29, 1.82) is 0 Å². The molecule has 2 heterocycles. The van der Waals surface area contributed by atoms with E-state index in [4.69, 9.17) is 16.2 Å². The third kappa shape index (κ3) is 5.48. The van der Waals surface area contributed by atoms with Crippen LogP contribution in [0.2, 0.25) is 0 Å². The Morgan fingerprint density at radius 2 is 2.00 bits per heavy atom. The monoisotopic (exact) mass is 417 g/mol. The second-order valence-electron chi connectivity index (χ2n) is 7.55. The lowest BCUT2D eigenvalue weighted by molar-refractivity contribution is 0.286. The Morgan fingerprint density at radius 3 is 2.70 bits per heavy atom. The predicted molar refractivity (Wildman–Crippen MR) is 117 cm³/mol. The quantitative estimate of drug-likeness (QED) is 0.400. The summed E-state index contributed by atoms with van der Waals surface area (Å²) in [5.41, 5.74) is 17.1. The minimum absolute atomic E-state index is 0.167. The first-order valence-electron chi connectivity index (χ1n) is 10.5. The number of nitrogens with zero attached hydrogens (tertiary/aromatic N) is 4. The first-order valence-corrected chi connectivity index (χ1v) is 10.5. The number of anilines is 3. The minimum atomic E-state index is -0.181. The summed E-state index contributed by atoms with van der Waals surface area (Å²) in [4.78, 5) is 10.8. The van der Waals surface area contributed by atoms with Crippen molar-refractivity contribution in [3.05, 3.63) is 35.1 Å². The number of nitrogens with two attached hydrogens (primary N) is 2. The van der Waals surface area contributed by atoms with Gasteiger partial charge in [0.2, 0.25) is 0 Å². The number of hydrogen-bond donors (Lipinski definition) is 3. The fourth-order valence-electron chi connectivity index (χ4n) is 3.50. The lowest BCUT2D eigenvalue weighted by atomic mass is 10.1. The largest absolute Gasteiger partial charge is 0.463 e. The van der Waals surface area contributed by atoms with Crippen molar-refractivity contribution < 1.29 is 9.13 Å². The van der Waals surface area contributed by atoms with Gasteiger partial charge in [-0.15, -0.1) is 0 Å².